The van der Waals surface area contributed by atoms with Crippen molar-refractivity contribution in [2.45, 2.75) is 25.9 Å². The number of aromatic nitrogens is 2. The van der Waals surface area contributed by atoms with E-state index in [9.17, 15) is 5.26 Å². The maximum Gasteiger partial charge on any atom is 0.244 e. The van der Waals surface area contributed by atoms with Crippen molar-refractivity contribution in [1.82, 2.24) is 10.2 Å². The summed E-state index contributed by atoms with van der Waals surface area (Å²) < 4.78 is 11.5. The van der Waals surface area contributed by atoms with Gasteiger partial charge in [0, 0.05) is 11.3 Å². The number of benzene rings is 2. The third-order valence-electron chi connectivity index (χ3n) is 4.81. The highest BCUT2D eigenvalue weighted by molar-refractivity contribution is 5.55. The monoisotopic (exact) mass is 372 g/mol. The normalized spacial score (nSPS) is 15.5. The first-order chi connectivity index (χ1) is 13.7. The lowest BCUT2D eigenvalue weighted by Crippen LogP contribution is -2.21. The molecular formula is C22H20N4O2. The Balaban J connectivity index is 1.70. The maximum absolute atomic E-state index is 9.71. The summed E-state index contributed by atoms with van der Waals surface area (Å²) in [5.41, 5.74) is 10.2. The van der Waals surface area contributed by atoms with Gasteiger partial charge in [0.2, 0.25) is 11.8 Å². The van der Waals surface area contributed by atoms with Crippen molar-refractivity contribution in [3.05, 3.63) is 88.4 Å². The van der Waals surface area contributed by atoms with Gasteiger partial charge >= 0.3 is 0 Å². The quantitative estimate of drug-likeness (QED) is 0.710. The van der Waals surface area contributed by atoms with Gasteiger partial charge in [0.05, 0.1) is 5.92 Å². The average molecular weight is 372 g/mol. The second kappa shape index (κ2) is 7.49. The van der Waals surface area contributed by atoms with Gasteiger partial charge in [-0.1, -0.05) is 49.4 Å². The zero-order valence-corrected chi connectivity index (χ0v) is 15.5. The van der Waals surface area contributed by atoms with Crippen molar-refractivity contribution in [2.24, 2.45) is 5.73 Å². The number of nitrogens with one attached hydrogen (secondary N) is 1. The number of aryl methyl sites for hydroxylation is 1. The number of fused-ring (bicyclic) bond motifs is 1. The molecule has 140 valence electrons. The largest absolute Gasteiger partial charge is 0.489 e. The van der Waals surface area contributed by atoms with Crippen LogP contribution in [0.25, 0.3) is 0 Å². The number of rotatable bonds is 5. The van der Waals surface area contributed by atoms with E-state index in [1.807, 2.05) is 61.5 Å². The second-order valence-corrected chi connectivity index (χ2v) is 6.55. The van der Waals surface area contributed by atoms with Crippen LogP contribution in [0, 0.1) is 11.3 Å². The number of hydrogen-bond acceptors (Lipinski definition) is 5. The van der Waals surface area contributed by atoms with E-state index in [1.165, 1.54) is 0 Å². The molecule has 0 bridgehead atoms. The molecule has 0 fully saturated rings. The molecule has 1 aliphatic rings. The molecule has 0 unspecified atom stereocenters. The van der Waals surface area contributed by atoms with Crippen molar-refractivity contribution in [2.75, 3.05) is 0 Å². The van der Waals surface area contributed by atoms with Gasteiger partial charge in [-0.15, -0.1) is 5.10 Å². The molecule has 1 atom stereocenters. The van der Waals surface area contributed by atoms with E-state index in [0.717, 1.165) is 34.6 Å². The number of nitrogens with two attached hydrogens (primary N) is 1. The number of aromatic amines is 1. The van der Waals surface area contributed by atoms with Gasteiger partial charge in [-0.05, 0) is 29.7 Å². The van der Waals surface area contributed by atoms with E-state index < -0.39 is 0 Å². The number of hydrogen-bond donors (Lipinski definition) is 2. The molecular weight excluding hydrogens is 352 g/mol. The van der Waals surface area contributed by atoms with Crippen LogP contribution in [-0.2, 0) is 13.0 Å². The Morgan fingerprint density at radius 3 is 2.79 bits per heavy atom. The second-order valence-electron chi connectivity index (χ2n) is 6.55. The molecule has 0 spiro atoms. The number of H-pyrrole nitrogens is 1. The molecule has 3 N–H and O–H groups in total. The molecule has 3 aromatic rings. The van der Waals surface area contributed by atoms with Crippen LogP contribution in [0.1, 0.15) is 35.2 Å². The smallest absolute Gasteiger partial charge is 0.244 e. The standard InChI is InChI=1S/C22H20N4O2/c1-2-18-20-19(17(12-23)21(24)28-22(20)26-25-18)15-9-6-10-16(11-15)27-13-14-7-4-3-5-8-14/h3-11,19H,2,13,24H2,1H3,(H,25,26)/t19-/m0/s1. The van der Waals surface area contributed by atoms with Gasteiger partial charge < -0.3 is 15.2 Å². The van der Waals surface area contributed by atoms with E-state index in [-0.39, 0.29) is 11.8 Å². The lowest BCUT2D eigenvalue weighted by Gasteiger charge is -2.24. The van der Waals surface area contributed by atoms with Gasteiger partial charge in [0.15, 0.2) is 0 Å². The van der Waals surface area contributed by atoms with Crippen LogP contribution in [0.15, 0.2) is 66.1 Å². The number of ether oxygens (including phenoxy) is 2. The third kappa shape index (κ3) is 3.19. The first kappa shape index (κ1) is 17.7. The molecule has 0 radical (unpaired) electrons. The van der Waals surface area contributed by atoms with Crippen molar-refractivity contribution in [3.8, 4) is 17.7 Å². The first-order valence-electron chi connectivity index (χ1n) is 9.12. The van der Waals surface area contributed by atoms with Gasteiger partial charge in [0.1, 0.15) is 24.0 Å². The van der Waals surface area contributed by atoms with Gasteiger partial charge in [-0.3, -0.25) is 5.10 Å². The van der Waals surface area contributed by atoms with Gasteiger partial charge in [0.25, 0.3) is 0 Å². The Labute approximate surface area is 163 Å². The molecule has 2 heterocycles. The highest BCUT2D eigenvalue weighted by Gasteiger charge is 2.34. The van der Waals surface area contributed by atoms with E-state index in [0.29, 0.717) is 18.1 Å². The molecule has 0 amide bonds. The Morgan fingerprint density at radius 1 is 1.21 bits per heavy atom. The van der Waals surface area contributed by atoms with Crippen molar-refractivity contribution in [3.63, 3.8) is 0 Å². The van der Waals surface area contributed by atoms with Crippen LogP contribution in [-0.4, -0.2) is 10.2 Å². The fourth-order valence-electron chi connectivity index (χ4n) is 3.44. The summed E-state index contributed by atoms with van der Waals surface area (Å²) >= 11 is 0. The van der Waals surface area contributed by atoms with Gasteiger partial charge in [-0.2, -0.15) is 5.26 Å². The summed E-state index contributed by atoms with van der Waals surface area (Å²) in [5, 5.41) is 16.9. The molecule has 6 nitrogen and oxygen atoms in total. The van der Waals surface area contributed by atoms with E-state index in [4.69, 9.17) is 15.2 Å². The average Bonchev–Trinajstić information content (AvgIpc) is 3.14. The van der Waals surface area contributed by atoms with Crippen molar-refractivity contribution >= 4 is 0 Å². The highest BCUT2D eigenvalue weighted by Crippen LogP contribution is 2.43. The molecule has 1 aliphatic heterocycles. The Morgan fingerprint density at radius 2 is 2.04 bits per heavy atom. The predicted octanol–water partition coefficient (Wildman–Crippen LogP) is 3.77. The summed E-state index contributed by atoms with van der Waals surface area (Å²) in [6.45, 7) is 2.50. The van der Waals surface area contributed by atoms with Crippen LogP contribution in [0.5, 0.6) is 11.6 Å². The Bertz CT molecular complexity index is 1060. The molecule has 0 saturated heterocycles. The fourth-order valence-corrected chi connectivity index (χ4v) is 3.44. The van der Waals surface area contributed by atoms with Crippen LogP contribution in [0.4, 0.5) is 0 Å². The fraction of sp³-hybridized carbons (Fsp3) is 0.182. The number of nitriles is 1. The van der Waals surface area contributed by atoms with E-state index in [1.54, 1.807) is 0 Å². The predicted molar refractivity (Wildman–Crippen MR) is 104 cm³/mol. The van der Waals surface area contributed by atoms with Gasteiger partial charge in [-0.25, -0.2) is 0 Å². The molecule has 0 aliphatic carbocycles. The van der Waals surface area contributed by atoms with Crippen molar-refractivity contribution in [1.29, 1.82) is 5.26 Å². The molecule has 4 rings (SSSR count). The highest BCUT2D eigenvalue weighted by atomic mass is 16.5. The summed E-state index contributed by atoms with van der Waals surface area (Å²) in [5.74, 6) is 0.897. The molecule has 2 aromatic carbocycles. The van der Waals surface area contributed by atoms with Crippen molar-refractivity contribution < 1.29 is 9.47 Å². The summed E-state index contributed by atoms with van der Waals surface area (Å²) in [6.07, 6.45) is 0.741. The minimum absolute atomic E-state index is 0.0877. The molecule has 6 heteroatoms. The topological polar surface area (TPSA) is 97.0 Å². The summed E-state index contributed by atoms with van der Waals surface area (Å²) in [6, 6.07) is 19.9. The lowest BCUT2D eigenvalue weighted by molar-refractivity contribution is 0.306. The molecule has 1 aromatic heterocycles. The van der Waals surface area contributed by atoms with Crippen LogP contribution >= 0.6 is 0 Å². The summed E-state index contributed by atoms with van der Waals surface area (Å²) in [4.78, 5) is 0. The van der Waals surface area contributed by atoms with Crippen LogP contribution < -0.4 is 15.2 Å². The molecule has 0 saturated carbocycles. The minimum atomic E-state index is -0.345. The summed E-state index contributed by atoms with van der Waals surface area (Å²) in [7, 11) is 0. The Kier molecular flexibility index (Phi) is 4.73. The lowest BCUT2D eigenvalue weighted by atomic mass is 9.83. The van der Waals surface area contributed by atoms with E-state index in [2.05, 4.69) is 16.3 Å². The number of allylic oxidation sites excluding steroid dienone is 1. The zero-order valence-electron chi connectivity index (χ0n) is 15.5. The van der Waals surface area contributed by atoms with E-state index >= 15 is 0 Å². The molecule has 28 heavy (non-hydrogen) atoms. The SMILES string of the molecule is CCc1[nH]nc2c1[C@@H](c1cccc(OCc3ccccc3)c1)C(C#N)=C(N)O2. The van der Waals surface area contributed by atoms with Crippen LogP contribution in [0.2, 0.25) is 0 Å². The minimum Gasteiger partial charge on any atom is -0.489 e. The third-order valence-corrected chi connectivity index (χ3v) is 4.81. The Hall–Kier alpha value is -3.72. The number of nitrogens with zero attached hydrogens (tertiary/aromatic N) is 2. The maximum atomic E-state index is 9.71. The van der Waals surface area contributed by atoms with Crippen LogP contribution in [0.3, 0.4) is 0 Å². The zero-order chi connectivity index (χ0) is 19.5. The first-order valence-corrected chi connectivity index (χ1v) is 9.12.